The van der Waals surface area contributed by atoms with Crippen molar-refractivity contribution < 1.29 is 19.4 Å². The van der Waals surface area contributed by atoms with Crippen molar-refractivity contribution in [2.75, 3.05) is 13.7 Å². The molecular weight excluding hydrogens is 270 g/mol. The van der Waals surface area contributed by atoms with Gasteiger partial charge in [-0.15, -0.1) is 0 Å². The highest BCUT2D eigenvalue weighted by Crippen LogP contribution is 2.22. The lowest BCUT2D eigenvalue weighted by molar-refractivity contribution is -0.123. The van der Waals surface area contributed by atoms with Crippen LogP contribution in [-0.4, -0.2) is 30.6 Å². The number of amides is 1. The van der Waals surface area contributed by atoms with Gasteiger partial charge in [-0.3, -0.25) is 4.79 Å². The maximum Gasteiger partial charge on any atom is 0.338 e. The molecule has 0 aliphatic rings. The Hall–Kier alpha value is -2.82. The third kappa shape index (κ3) is 3.82. The highest BCUT2D eigenvalue weighted by Gasteiger charge is 2.09. The Balaban J connectivity index is 2.06. The molecule has 2 aromatic carbocycles. The number of aromatic hydroxyl groups is 1. The topological polar surface area (TPSA) is 75.6 Å². The second kappa shape index (κ2) is 6.56. The van der Waals surface area contributed by atoms with Gasteiger partial charge >= 0.3 is 5.97 Å². The van der Waals surface area contributed by atoms with Crippen molar-refractivity contribution in [1.29, 1.82) is 0 Å². The molecule has 0 heterocycles. The van der Waals surface area contributed by atoms with E-state index in [1.165, 1.54) is 7.05 Å². The average molecular weight is 285 g/mol. The number of carbonyl (C=O) groups is 2. The second-order valence-corrected chi connectivity index (χ2v) is 4.37. The zero-order chi connectivity index (χ0) is 15.2. The monoisotopic (exact) mass is 285 g/mol. The van der Waals surface area contributed by atoms with Crippen molar-refractivity contribution in [3.8, 4) is 16.9 Å². The molecule has 0 spiro atoms. The van der Waals surface area contributed by atoms with Crippen LogP contribution in [0, 0.1) is 0 Å². The van der Waals surface area contributed by atoms with Crippen molar-refractivity contribution in [3.05, 3.63) is 54.1 Å². The van der Waals surface area contributed by atoms with Crippen LogP contribution in [0.1, 0.15) is 10.4 Å². The van der Waals surface area contributed by atoms with Crippen LogP contribution in [0.5, 0.6) is 5.75 Å². The zero-order valence-corrected chi connectivity index (χ0v) is 11.5. The van der Waals surface area contributed by atoms with Gasteiger partial charge in [-0.25, -0.2) is 4.79 Å². The predicted molar refractivity (Wildman–Crippen MR) is 77.9 cm³/mol. The summed E-state index contributed by atoms with van der Waals surface area (Å²) in [5.74, 6) is -0.701. The molecule has 0 saturated carbocycles. The van der Waals surface area contributed by atoms with E-state index in [4.69, 9.17) is 4.74 Å². The molecule has 0 aliphatic heterocycles. The molecule has 0 radical (unpaired) electrons. The summed E-state index contributed by atoms with van der Waals surface area (Å²) in [6.45, 7) is -0.297. The number of phenolic OH excluding ortho intramolecular Hbond substituents is 1. The summed E-state index contributed by atoms with van der Waals surface area (Å²) in [6.07, 6.45) is 0. The lowest BCUT2D eigenvalue weighted by atomic mass is 10.0. The number of hydrogen-bond acceptors (Lipinski definition) is 4. The van der Waals surface area contributed by atoms with Crippen LogP contribution >= 0.6 is 0 Å². The Bertz CT molecular complexity index is 632. The van der Waals surface area contributed by atoms with Gasteiger partial charge in [0.05, 0.1) is 5.56 Å². The first kappa shape index (κ1) is 14.6. The molecule has 0 bridgehead atoms. The van der Waals surface area contributed by atoms with E-state index in [9.17, 15) is 14.7 Å². The van der Waals surface area contributed by atoms with Gasteiger partial charge in [0.25, 0.3) is 5.91 Å². The highest BCUT2D eigenvalue weighted by molar-refractivity contribution is 5.91. The first-order chi connectivity index (χ1) is 10.1. The fourth-order valence-corrected chi connectivity index (χ4v) is 1.74. The summed E-state index contributed by atoms with van der Waals surface area (Å²) in [7, 11) is 1.47. The molecular formula is C16H15NO4. The van der Waals surface area contributed by atoms with E-state index in [2.05, 4.69) is 5.32 Å². The first-order valence-corrected chi connectivity index (χ1v) is 6.37. The molecule has 2 rings (SSSR count). The standard InChI is InChI=1S/C16H15NO4/c1-17-15(19)10-21-16(20)13-4-2-11(3-5-13)12-6-8-14(18)9-7-12/h2-9,18H,10H2,1H3,(H,17,19). The van der Waals surface area contributed by atoms with Gasteiger partial charge in [-0.1, -0.05) is 24.3 Å². The van der Waals surface area contributed by atoms with Gasteiger partial charge < -0.3 is 15.2 Å². The number of ether oxygens (including phenoxy) is 1. The SMILES string of the molecule is CNC(=O)COC(=O)c1ccc(-c2ccc(O)cc2)cc1. The van der Waals surface area contributed by atoms with Crippen LogP contribution in [0.25, 0.3) is 11.1 Å². The Kier molecular flexibility index (Phi) is 4.56. The fraction of sp³-hybridized carbons (Fsp3) is 0.125. The first-order valence-electron chi connectivity index (χ1n) is 6.37. The third-order valence-electron chi connectivity index (χ3n) is 2.93. The van der Waals surface area contributed by atoms with E-state index >= 15 is 0 Å². The molecule has 5 nitrogen and oxygen atoms in total. The van der Waals surface area contributed by atoms with Crippen molar-refractivity contribution in [3.63, 3.8) is 0 Å². The molecule has 108 valence electrons. The maximum absolute atomic E-state index is 11.7. The normalized spacial score (nSPS) is 9.95. The number of benzene rings is 2. The molecule has 0 saturated heterocycles. The molecule has 0 aliphatic carbocycles. The molecule has 1 amide bonds. The lowest BCUT2D eigenvalue weighted by Crippen LogP contribution is -2.25. The summed E-state index contributed by atoms with van der Waals surface area (Å²) >= 11 is 0. The van der Waals surface area contributed by atoms with Crippen molar-refractivity contribution in [1.82, 2.24) is 5.32 Å². The van der Waals surface area contributed by atoms with Crippen LogP contribution in [0.3, 0.4) is 0 Å². The highest BCUT2D eigenvalue weighted by atomic mass is 16.5. The van der Waals surface area contributed by atoms with Crippen molar-refractivity contribution in [2.24, 2.45) is 0 Å². The van der Waals surface area contributed by atoms with Gasteiger partial charge in [0.15, 0.2) is 6.61 Å². The lowest BCUT2D eigenvalue weighted by Gasteiger charge is -2.05. The van der Waals surface area contributed by atoms with Crippen LogP contribution in [0.4, 0.5) is 0 Å². The quantitative estimate of drug-likeness (QED) is 0.842. The minimum Gasteiger partial charge on any atom is -0.508 e. The molecule has 0 fully saturated rings. The molecule has 0 unspecified atom stereocenters. The molecule has 5 heteroatoms. The number of phenols is 1. The van der Waals surface area contributed by atoms with E-state index in [1.54, 1.807) is 48.5 Å². The van der Waals surface area contributed by atoms with Gasteiger partial charge in [0.2, 0.25) is 0 Å². The van der Waals surface area contributed by atoms with Gasteiger partial charge in [-0.05, 0) is 35.4 Å². The van der Waals surface area contributed by atoms with Crippen LogP contribution in [-0.2, 0) is 9.53 Å². The summed E-state index contributed by atoms with van der Waals surface area (Å²) < 4.78 is 4.86. The van der Waals surface area contributed by atoms with E-state index < -0.39 is 5.97 Å². The van der Waals surface area contributed by atoms with Gasteiger partial charge in [0.1, 0.15) is 5.75 Å². The molecule has 2 N–H and O–H groups in total. The summed E-state index contributed by atoms with van der Waals surface area (Å²) in [5, 5.41) is 11.6. The molecule has 2 aromatic rings. The predicted octanol–water partition coefficient (Wildman–Crippen LogP) is 1.96. The maximum atomic E-state index is 11.7. The number of hydrogen-bond donors (Lipinski definition) is 2. The van der Waals surface area contributed by atoms with Gasteiger partial charge in [-0.2, -0.15) is 0 Å². The molecule has 0 atom stereocenters. The minimum absolute atomic E-state index is 0.202. The van der Waals surface area contributed by atoms with Crippen molar-refractivity contribution in [2.45, 2.75) is 0 Å². The van der Waals surface area contributed by atoms with Gasteiger partial charge in [0, 0.05) is 7.05 Å². The Morgan fingerprint density at radius 2 is 1.52 bits per heavy atom. The van der Waals surface area contributed by atoms with Crippen LogP contribution < -0.4 is 5.32 Å². The number of esters is 1. The molecule has 21 heavy (non-hydrogen) atoms. The Labute approximate surface area is 122 Å². The minimum atomic E-state index is -0.546. The fourth-order valence-electron chi connectivity index (χ4n) is 1.74. The summed E-state index contributed by atoms with van der Waals surface area (Å²) in [4.78, 5) is 22.7. The van der Waals surface area contributed by atoms with Crippen LogP contribution in [0.2, 0.25) is 0 Å². The number of rotatable bonds is 4. The summed E-state index contributed by atoms with van der Waals surface area (Å²) in [5.41, 5.74) is 2.22. The van der Waals surface area contributed by atoms with Crippen LogP contribution in [0.15, 0.2) is 48.5 Å². The number of nitrogens with one attached hydrogen (secondary N) is 1. The van der Waals surface area contributed by atoms with E-state index in [1.807, 2.05) is 0 Å². The Morgan fingerprint density at radius 1 is 1.00 bits per heavy atom. The third-order valence-corrected chi connectivity index (χ3v) is 2.93. The number of likely N-dealkylation sites (N-methyl/N-ethyl adjacent to an activating group) is 1. The van der Waals surface area contributed by atoms with E-state index in [-0.39, 0.29) is 18.3 Å². The van der Waals surface area contributed by atoms with Crippen molar-refractivity contribution >= 4 is 11.9 Å². The average Bonchev–Trinajstić information content (AvgIpc) is 2.53. The smallest absolute Gasteiger partial charge is 0.338 e. The zero-order valence-electron chi connectivity index (χ0n) is 11.5. The van der Waals surface area contributed by atoms with E-state index in [0.717, 1.165) is 11.1 Å². The van der Waals surface area contributed by atoms with E-state index in [0.29, 0.717) is 5.56 Å². The number of carbonyl (C=O) groups excluding carboxylic acids is 2. The molecule has 0 aromatic heterocycles. The Morgan fingerprint density at radius 3 is 2.05 bits per heavy atom. The summed E-state index contributed by atoms with van der Waals surface area (Å²) in [6, 6.07) is 13.6. The largest absolute Gasteiger partial charge is 0.508 e. The second-order valence-electron chi connectivity index (χ2n) is 4.37.